The zero-order valence-corrected chi connectivity index (χ0v) is 11.3. The van der Waals surface area contributed by atoms with Crippen LogP contribution in [-0.2, 0) is 0 Å². The van der Waals surface area contributed by atoms with Gasteiger partial charge in [0.2, 0.25) is 11.8 Å². The second-order valence-corrected chi connectivity index (χ2v) is 4.35. The van der Waals surface area contributed by atoms with E-state index in [0.29, 0.717) is 18.9 Å². The molecule has 0 aliphatic heterocycles. The fraction of sp³-hybridized carbons (Fsp3) is 0.636. The predicted molar refractivity (Wildman–Crippen MR) is 72.2 cm³/mol. The summed E-state index contributed by atoms with van der Waals surface area (Å²) < 4.78 is 0. The molecule has 8 nitrogen and oxygen atoms in total. The fourth-order valence-corrected chi connectivity index (χ4v) is 1.66. The monoisotopic (exact) mass is 269 g/mol. The fourth-order valence-electron chi connectivity index (χ4n) is 1.66. The highest BCUT2D eigenvalue weighted by molar-refractivity contribution is 5.57. The van der Waals surface area contributed by atoms with Gasteiger partial charge in [-0.05, 0) is 27.2 Å². The molecule has 0 aliphatic rings. The number of nitro groups is 1. The molecule has 0 spiro atoms. The van der Waals surface area contributed by atoms with Crippen molar-refractivity contribution < 1.29 is 10.0 Å². The summed E-state index contributed by atoms with van der Waals surface area (Å²) in [5, 5.41) is 26.0. The molecule has 0 aliphatic carbocycles. The van der Waals surface area contributed by atoms with Crippen LogP contribution in [0.5, 0.6) is 0 Å². The third-order valence-electron chi connectivity index (χ3n) is 2.38. The van der Waals surface area contributed by atoms with Gasteiger partial charge in [-0.15, -0.1) is 0 Å². The number of nitrogens with zero attached hydrogens (tertiary/aromatic N) is 3. The molecule has 2 unspecified atom stereocenters. The maximum atomic E-state index is 10.9. The molecule has 0 fully saturated rings. The SMILES string of the molecule is CCNc1ncc([N+](=O)[O-])c(NC(C)CC(C)O)n1. The van der Waals surface area contributed by atoms with Gasteiger partial charge >= 0.3 is 5.69 Å². The van der Waals surface area contributed by atoms with Crippen LogP contribution < -0.4 is 10.6 Å². The first kappa shape index (κ1) is 15.1. The second-order valence-electron chi connectivity index (χ2n) is 4.35. The number of aliphatic hydroxyl groups is 1. The Balaban J connectivity index is 2.93. The molecule has 1 rings (SSSR count). The van der Waals surface area contributed by atoms with Crippen LogP contribution in [0.2, 0.25) is 0 Å². The predicted octanol–water partition coefficient (Wildman–Crippen LogP) is 1.39. The van der Waals surface area contributed by atoms with E-state index >= 15 is 0 Å². The third kappa shape index (κ3) is 4.66. The summed E-state index contributed by atoms with van der Waals surface area (Å²) in [4.78, 5) is 18.3. The van der Waals surface area contributed by atoms with E-state index in [4.69, 9.17) is 0 Å². The molecule has 8 heteroatoms. The third-order valence-corrected chi connectivity index (χ3v) is 2.38. The van der Waals surface area contributed by atoms with E-state index in [9.17, 15) is 15.2 Å². The average molecular weight is 269 g/mol. The van der Waals surface area contributed by atoms with Gasteiger partial charge in [0.1, 0.15) is 6.20 Å². The van der Waals surface area contributed by atoms with Crippen molar-refractivity contribution in [3.63, 3.8) is 0 Å². The van der Waals surface area contributed by atoms with Crippen LogP contribution in [0.1, 0.15) is 27.2 Å². The summed E-state index contributed by atoms with van der Waals surface area (Å²) in [6, 6.07) is -0.136. The van der Waals surface area contributed by atoms with Crippen molar-refractivity contribution in [2.45, 2.75) is 39.3 Å². The molecule has 0 aromatic carbocycles. The lowest BCUT2D eigenvalue weighted by molar-refractivity contribution is -0.384. The van der Waals surface area contributed by atoms with Gasteiger partial charge in [0, 0.05) is 12.6 Å². The van der Waals surface area contributed by atoms with Crippen LogP contribution in [0.3, 0.4) is 0 Å². The van der Waals surface area contributed by atoms with Crippen LogP contribution >= 0.6 is 0 Å². The number of aliphatic hydroxyl groups excluding tert-OH is 1. The van der Waals surface area contributed by atoms with Crippen molar-refractivity contribution in [2.24, 2.45) is 0 Å². The van der Waals surface area contributed by atoms with Crippen LogP contribution in [-0.4, -0.2) is 38.7 Å². The minimum atomic E-state index is -0.535. The van der Waals surface area contributed by atoms with E-state index in [1.54, 1.807) is 6.92 Å². The second kappa shape index (κ2) is 6.83. The van der Waals surface area contributed by atoms with Crippen molar-refractivity contribution in [2.75, 3.05) is 17.2 Å². The Morgan fingerprint density at radius 3 is 2.74 bits per heavy atom. The molecular formula is C11H19N5O3. The van der Waals surface area contributed by atoms with Gasteiger partial charge < -0.3 is 15.7 Å². The number of hydrogen-bond acceptors (Lipinski definition) is 7. The van der Waals surface area contributed by atoms with Crippen LogP contribution in [0.4, 0.5) is 17.5 Å². The topological polar surface area (TPSA) is 113 Å². The largest absolute Gasteiger partial charge is 0.393 e. The Morgan fingerprint density at radius 1 is 1.53 bits per heavy atom. The van der Waals surface area contributed by atoms with Gasteiger partial charge in [0.25, 0.3) is 0 Å². The molecule has 106 valence electrons. The lowest BCUT2D eigenvalue weighted by Gasteiger charge is -2.16. The number of anilines is 2. The number of hydrogen-bond donors (Lipinski definition) is 3. The first-order valence-electron chi connectivity index (χ1n) is 6.14. The van der Waals surface area contributed by atoms with E-state index in [1.807, 2.05) is 13.8 Å². The first-order valence-corrected chi connectivity index (χ1v) is 6.14. The highest BCUT2D eigenvalue weighted by atomic mass is 16.6. The molecule has 1 heterocycles. The molecule has 0 saturated carbocycles. The quantitative estimate of drug-likeness (QED) is 0.506. The summed E-state index contributed by atoms with van der Waals surface area (Å²) in [6.45, 7) is 6.00. The van der Waals surface area contributed by atoms with E-state index < -0.39 is 11.0 Å². The number of rotatable bonds is 7. The molecule has 19 heavy (non-hydrogen) atoms. The molecule has 1 aromatic rings. The minimum Gasteiger partial charge on any atom is -0.393 e. The van der Waals surface area contributed by atoms with E-state index in [2.05, 4.69) is 20.6 Å². The summed E-state index contributed by atoms with van der Waals surface area (Å²) in [7, 11) is 0. The molecule has 0 radical (unpaired) electrons. The zero-order valence-electron chi connectivity index (χ0n) is 11.3. The maximum Gasteiger partial charge on any atom is 0.329 e. The van der Waals surface area contributed by atoms with Gasteiger partial charge in [-0.1, -0.05) is 0 Å². The lowest BCUT2D eigenvalue weighted by atomic mass is 10.1. The van der Waals surface area contributed by atoms with Crippen molar-refractivity contribution >= 4 is 17.5 Å². The Kier molecular flexibility index (Phi) is 5.43. The molecule has 0 saturated heterocycles. The van der Waals surface area contributed by atoms with Gasteiger partial charge in [0.15, 0.2) is 0 Å². The molecule has 2 atom stereocenters. The smallest absolute Gasteiger partial charge is 0.329 e. The molecule has 3 N–H and O–H groups in total. The molecule has 1 aromatic heterocycles. The van der Waals surface area contributed by atoms with Crippen LogP contribution in [0, 0.1) is 10.1 Å². The van der Waals surface area contributed by atoms with Crippen molar-refractivity contribution in [1.82, 2.24) is 9.97 Å². The molecular weight excluding hydrogens is 250 g/mol. The van der Waals surface area contributed by atoms with Gasteiger partial charge in [0.05, 0.1) is 11.0 Å². The maximum absolute atomic E-state index is 10.9. The van der Waals surface area contributed by atoms with Crippen molar-refractivity contribution in [3.8, 4) is 0 Å². The van der Waals surface area contributed by atoms with Gasteiger partial charge in [-0.2, -0.15) is 4.98 Å². The minimum absolute atomic E-state index is 0.136. The molecule has 0 bridgehead atoms. The molecule has 0 amide bonds. The number of aromatic nitrogens is 2. The van der Waals surface area contributed by atoms with E-state index in [-0.39, 0.29) is 17.5 Å². The van der Waals surface area contributed by atoms with Crippen LogP contribution in [0.15, 0.2) is 6.20 Å². The summed E-state index contributed by atoms with van der Waals surface area (Å²) in [5.41, 5.74) is -0.181. The summed E-state index contributed by atoms with van der Waals surface area (Å²) in [6.07, 6.45) is 1.15. The van der Waals surface area contributed by atoms with Gasteiger partial charge in [-0.3, -0.25) is 10.1 Å². The standard InChI is InChI=1S/C11H19N5O3/c1-4-12-11-13-6-9(16(18)19)10(15-11)14-7(2)5-8(3)17/h6-8,17H,4-5H2,1-3H3,(H2,12,13,14,15). The summed E-state index contributed by atoms with van der Waals surface area (Å²) >= 11 is 0. The van der Waals surface area contributed by atoms with Crippen LogP contribution in [0.25, 0.3) is 0 Å². The lowest BCUT2D eigenvalue weighted by Crippen LogP contribution is -2.22. The highest BCUT2D eigenvalue weighted by Crippen LogP contribution is 2.23. The Labute approximate surface area is 111 Å². The first-order chi connectivity index (χ1) is 8.93. The zero-order chi connectivity index (χ0) is 14.4. The number of nitrogens with one attached hydrogen (secondary N) is 2. The van der Waals surface area contributed by atoms with Crippen molar-refractivity contribution in [3.05, 3.63) is 16.3 Å². The Morgan fingerprint density at radius 2 is 2.21 bits per heavy atom. The van der Waals surface area contributed by atoms with E-state index in [1.165, 1.54) is 6.20 Å². The average Bonchev–Trinajstić information content (AvgIpc) is 2.27. The van der Waals surface area contributed by atoms with Gasteiger partial charge in [-0.25, -0.2) is 4.98 Å². The Bertz CT molecular complexity index is 438. The summed E-state index contributed by atoms with van der Waals surface area (Å²) in [5.74, 6) is 0.490. The van der Waals surface area contributed by atoms with E-state index in [0.717, 1.165) is 0 Å². The normalized spacial score (nSPS) is 13.7. The highest BCUT2D eigenvalue weighted by Gasteiger charge is 2.19. The Hall–Kier alpha value is -1.96. The van der Waals surface area contributed by atoms with Crippen molar-refractivity contribution in [1.29, 1.82) is 0 Å².